The number of hydrogen-bond acceptors (Lipinski definition) is 7. The zero-order valence-electron chi connectivity index (χ0n) is 18.2. The topological polar surface area (TPSA) is 70.6 Å². The van der Waals surface area contributed by atoms with E-state index in [0.29, 0.717) is 36.6 Å². The molecular weight excluding hydrogens is 469 g/mol. The number of thioether (sulfide) groups is 1. The minimum absolute atomic E-state index is 0.0195. The summed E-state index contributed by atoms with van der Waals surface area (Å²) >= 11 is 2.91. The number of aromatic nitrogens is 1. The molecule has 0 saturated carbocycles. The largest absolute Gasteiger partial charge is 0.308 e. The Bertz CT molecular complexity index is 1180. The van der Waals surface area contributed by atoms with E-state index in [1.165, 1.54) is 29.7 Å². The van der Waals surface area contributed by atoms with Crippen LogP contribution in [-0.2, 0) is 14.6 Å². The fraction of sp³-hybridized carbons (Fsp3) is 0.364. The van der Waals surface area contributed by atoms with Crippen LogP contribution in [0.1, 0.15) is 12.8 Å². The van der Waals surface area contributed by atoms with Crippen LogP contribution in [0.5, 0.6) is 0 Å². The minimum Gasteiger partial charge on any atom is -0.308 e. The number of fused-ring (bicyclic) bond motifs is 1. The Morgan fingerprint density at radius 3 is 2.50 bits per heavy atom. The molecule has 0 bridgehead atoms. The second kappa shape index (κ2) is 10.7. The molecule has 0 saturated heterocycles. The van der Waals surface area contributed by atoms with Gasteiger partial charge in [0.25, 0.3) is 0 Å². The number of amides is 1. The van der Waals surface area contributed by atoms with Crippen molar-refractivity contribution in [2.24, 2.45) is 0 Å². The zero-order chi connectivity index (χ0) is 23.3. The molecule has 0 fully saturated rings. The summed E-state index contributed by atoms with van der Waals surface area (Å²) in [6.45, 7) is 1.18. The highest BCUT2D eigenvalue weighted by atomic mass is 32.2. The number of carbonyl (C=O) groups excluding carboxylic acids is 1. The molecule has 6 nitrogen and oxygen atoms in total. The van der Waals surface area contributed by atoms with E-state index in [2.05, 4.69) is 4.98 Å². The van der Waals surface area contributed by atoms with Crippen molar-refractivity contribution in [1.29, 1.82) is 0 Å². The summed E-state index contributed by atoms with van der Waals surface area (Å²) in [6, 6.07) is 11.2. The first-order valence-electron chi connectivity index (χ1n) is 10.1. The molecular formula is C22H26FN3O3S3. The van der Waals surface area contributed by atoms with E-state index >= 15 is 0 Å². The Morgan fingerprint density at radius 2 is 1.84 bits per heavy atom. The summed E-state index contributed by atoms with van der Waals surface area (Å²) in [5, 5.41) is 0.573. The molecule has 3 aromatic rings. The van der Waals surface area contributed by atoms with Crippen molar-refractivity contribution < 1.29 is 17.6 Å². The van der Waals surface area contributed by atoms with Crippen LogP contribution >= 0.6 is 23.1 Å². The zero-order valence-corrected chi connectivity index (χ0v) is 20.7. The molecule has 1 amide bonds. The van der Waals surface area contributed by atoms with Crippen molar-refractivity contribution in [1.82, 2.24) is 9.88 Å². The average Bonchev–Trinajstić information content (AvgIpc) is 3.14. The number of benzene rings is 2. The van der Waals surface area contributed by atoms with Gasteiger partial charge in [-0.3, -0.25) is 9.69 Å². The third-order valence-electron chi connectivity index (χ3n) is 4.70. The van der Waals surface area contributed by atoms with Crippen LogP contribution in [0.3, 0.4) is 0 Å². The predicted octanol–water partition coefficient (Wildman–Crippen LogP) is 4.31. The maximum absolute atomic E-state index is 13.0. The van der Waals surface area contributed by atoms with E-state index in [-0.39, 0.29) is 16.6 Å². The summed E-state index contributed by atoms with van der Waals surface area (Å²) in [4.78, 5) is 22.5. The molecule has 0 aliphatic carbocycles. The molecule has 0 atom stereocenters. The van der Waals surface area contributed by atoms with Gasteiger partial charge in [0.1, 0.15) is 5.82 Å². The lowest BCUT2D eigenvalue weighted by atomic mass is 10.3. The van der Waals surface area contributed by atoms with Crippen LogP contribution in [0.4, 0.5) is 9.52 Å². The lowest BCUT2D eigenvalue weighted by molar-refractivity contribution is -0.118. The second-order valence-electron chi connectivity index (χ2n) is 7.65. The number of nitrogens with zero attached hydrogens (tertiary/aromatic N) is 3. The highest BCUT2D eigenvalue weighted by Gasteiger charge is 2.20. The molecule has 1 heterocycles. The lowest BCUT2D eigenvalue weighted by Crippen LogP contribution is -2.36. The first-order valence-corrected chi connectivity index (χ1v) is 13.8. The Labute approximate surface area is 196 Å². The van der Waals surface area contributed by atoms with Gasteiger partial charge in [-0.15, -0.1) is 11.8 Å². The van der Waals surface area contributed by atoms with Crippen LogP contribution in [-0.4, -0.2) is 63.4 Å². The van der Waals surface area contributed by atoms with E-state index < -0.39 is 9.84 Å². The van der Waals surface area contributed by atoms with Crippen LogP contribution in [0, 0.1) is 5.82 Å². The third-order valence-corrected chi connectivity index (χ3v) is 7.95. The number of hydrogen-bond donors (Lipinski definition) is 0. The fourth-order valence-electron chi connectivity index (χ4n) is 2.95. The Kier molecular flexibility index (Phi) is 8.26. The van der Waals surface area contributed by atoms with Crippen molar-refractivity contribution in [2.45, 2.75) is 22.6 Å². The quantitative estimate of drug-likeness (QED) is 0.308. The molecule has 3 rings (SSSR count). The maximum Gasteiger partial charge on any atom is 0.228 e. The first kappa shape index (κ1) is 24.6. The van der Waals surface area contributed by atoms with Gasteiger partial charge in [0, 0.05) is 30.7 Å². The molecule has 1 aromatic heterocycles. The van der Waals surface area contributed by atoms with E-state index in [1.807, 2.05) is 19.0 Å². The number of likely N-dealkylation sites (N-methyl/N-ethyl adjacent to an activating group) is 1. The molecule has 0 aliphatic rings. The molecule has 172 valence electrons. The SMILES string of the molecule is CN(C)CCN(C(=O)CCCSc1ccc(F)cc1)c1nc2ccc(S(C)(=O)=O)cc2s1. The van der Waals surface area contributed by atoms with Crippen LogP contribution in [0.2, 0.25) is 0 Å². The number of rotatable bonds is 10. The monoisotopic (exact) mass is 495 g/mol. The molecule has 32 heavy (non-hydrogen) atoms. The predicted molar refractivity (Wildman–Crippen MR) is 130 cm³/mol. The van der Waals surface area contributed by atoms with Crippen LogP contribution in [0.25, 0.3) is 10.2 Å². The fourth-order valence-corrected chi connectivity index (χ4v) is 5.57. The van der Waals surface area contributed by atoms with Gasteiger partial charge in [-0.1, -0.05) is 11.3 Å². The molecule has 0 radical (unpaired) electrons. The summed E-state index contributed by atoms with van der Waals surface area (Å²) in [5.74, 6) is 0.464. The summed E-state index contributed by atoms with van der Waals surface area (Å²) in [5.41, 5.74) is 0.673. The van der Waals surface area contributed by atoms with Gasteiger partial charge >= 0.3 is 0 Å². The number of thiazole rings is 1. The highest BCUT2D eigenvalue weighted by Crippen LogP contribution is 2.31. The number of anilines is 1. The molecule has 0 N–H and O–H groups in total. The van der Waals surface area contributed by atoms with Crippen molar-refractivity contribution in [3.8, 4) is 0 Å². The molecule has 2 aromatic carbocycles. The van der Waals surface area contributed by atoms with E-state index in [4.69, 9.17) is 0 Å². The number of halogens is 1. The first-order chi connectivity index (χ1) is 15.1. The standard InChI is InChI=1S/C22H26FN3O3S3/c1-25(2)12-13-26(21(27)5-4-14-30-17-8-6-16(23)7-9-17)22-24-19-11-10-18(32(3,28)29)15-20(19)31-22/h6-11,15H,4-5,12-14H2,1-3H3. The lowest BCUT2D eigenvalue weighted by Gasteiger charge is -2.22. The summed E-state index contributed by atoms with van der Waals surface area (Å²) in [7, 11) is 0.572. The normalized spacial score (nSPS) is 11.9. The van der Waals surface area contributed by atoms with Crippen molar-refractivity contribution in [2.75, 3.05) is 44.1 Å². The number of carbonyl (C=O) groups is 1. The van der Waals surface area contributed by atoms with Crippen LogP contribution in [0.15, 0.2) is 52.3 Å². The van der Waals surface area contributed by atoms with Gasteiger partial charge in [0.05, 0.1) is 15.1 Å². The van der Waals surface area contributed by atoms with E-state index in [9.17, 15) is 17.6 Å². The van der Waals surface area contributed by atoms with Gasteiger partial charge in [0.2, 0.25) is 5.91 Å². The van der Waals surface area contributed by atoms with Gasteiger partial charge in [-0.05, 0) is 68.7 Å². The molecule has 0 spiro atoms. The van der Waals surface area contributed by atoms with Crippen LogP contribution < -0.4 is 4.90 Å². The van der Waals surface area contributed by atoms with Crippen molar-refractivity contribution >= 4 is 54.2 Å². The second-order valence-corrected chi connectivity index (χ2v) is 11.8. The summed E-state index contributed by atoms with van der Waals surface area (Å²) < 4.78 is 37.5. The Hall–Kier alpha value is -2.01. The van der Waals surface area contributed by atoms with Gasteiger partial charge in [-0.2, -0.15) is 0 Å². The maximum atomic E-state index is 13.0. The number of sulfone groups is 1. The molecule has 10 heteroatoms. The van der Waals surface area contributed by atoms with Crippen molar-refractivity contribution in [3.05, 3.63) is 48.3 Å². The third kappa shape index (κ3) is 6.74. The van der Waals surface area contributed by atoms with Gasteiger partial charge < -0.3 is 4.90 Å². The Balaban J connectivity index is 1.70. The highest BCUT2D eigenvalue weighted by molar-refractivity contribution is 7.99. The minimum atomic E-state index is -3.31. The molecule has 0 unspecified atom stereocenters. The smallest absolute Gasteiger partial charge is 0.228 e. The molecule has 0 aliphatic heterocycles. The van der Waals surface area contributed by atoms with E-state index in [0.717, 1.165) is 15.3 Å². The Morgan fingerprint density at radius 1 is 1.12 bits per heavy atom. The van der Waals surface area contributed by atoms with E-state index in [1.54, 1.807) is 47.0 Å². The summed E-state index contributed by atoms with van der Waals surface area (Å²) in [6.07, 6.45) is 2.22. The van der Waals surface area contributed by atoms with Crippen molar-refractivity contribution in [3.63, 3.8) is 0 Å². The van der Waals surface area contributed by atoms with Gasteiger partial charge in [-0.25, -0.2) is 17.8 Å². The average molecular weight is 496 g/mol. The van der Waals surface area contributed by atoms with Gasteiger partial charge in [0.15, 0.2) is 15.0 Å².